The van der Waals surface area contributed by atoms with Crippen molar-refractivity contribution in [1.82, 2.24) is 4.90 Å². The maximum absolute atomic E-state index is 13.0. The second-order valence-electron chi connectivity index (χ2n) is 7.02. The largest absolute Gasteiger partial charge is 0.393 e. The Kier molecular flexibility index (Phi) is 4.32. The lowest BCUT2D eigenvalue weighted by Crippen LogP contribution is -2.53. The predicted octanol–water partition coefficient (Wildman–Crippen LogP) is 1.80. The molecule has 1 saturated carbocycles. The lowest BCUT2D eigenvalue weighted by molar-refractivity contribution is -0.143. The minimum absolute atomic E-state index is 0.0219. The number of hydrogen-bond acceptors (Lipinski definition) is 3. The van der Waals surface area contributed by atoms with Crippen molar-refractivity contribution < 1.29 is 9.90 Å². The molecule has 0 aromatic carbocycles. The standard InChI is InChI=1S/C16H28N2O2/c17-15-6-4-2-1-3-5-14(15)16(20)18-11-7-8-12(18)10-13(19)9-11/h11-15,19H,1-10,17H2. The zero-order chi connectivity index (χ0) is 14.1. The number of aliphatic hydroxyl groups excluding tert-OH is 1. The molecule has 3 rings (SSSR count). The van der Waals surface area contributed by atoms with Gasteiger partial charge in [0.2, 0.25) is 5.91 Å². The molecule has 0 aromatic rings. The van der Waals surface area contributed by atoms with Gasteiger partial charge in [-0.05, 0) is 38.5 Å². The lowest BCUT2D eigenvalue weighted by Gasteiger charge is -2.40. The number of rotatable bonds is 1. The third-order valence-corrected chi connectivity index (χ3v) is 5.60. The van der Waals surface area contributed by atoms with Crippen LogP contribution in [0.25, 0.3) is 0 Å². The van der Waals surface area contributed by atoms with Crippen LogP contribution in [0.5, 0.6) is 0 Å². The van der Waals surface area contributed by atoms with E-state index in [0.29, 0.717) is 5.91 Å². The van der Waals surface area contributed by atoms with Gasteiger partial charge >= 0.3 is 0 Å². The van der Waals surface area contributed by atoms with E-state index in [-0.39, 0.29) is 30.1 Å². The number of hydrogen-bond donors (Lipinski definition) is 2. The molecule has 4 heteroatoms. The number of piperidine rings is 1. The Morgan fingerprint density at radius 1 is 0.950 bits per heavy atom. The smallest absolute Gasteiger partial charge is 0.227 e. The first-order valence-corrected chi connectivity index (χ1v) is 8.42. The molecule has 3 N–H and O–H groups in total. The molecule has 2 heterocycles. The molecule has 20 heavy (non-hydrogen) atoms. The number of carbonyl (C=O) groups is 1. The van der Waals surface area contributed by atoms with E-state index < -0.39 is 0 Å². The summed E-state index contributed by atoms with van der Waals surface area (Å²) in [6.07, 6.45) is 10.2. The first kappa shape index (κ1) is 14.3. The van der Waals surface area contributed by atoms with Gasteiger partial charge in [-0.2, -0.15) is 0 Å². The van der Waals surface area contributed by atoms with Crippen molar-refractivity contribution in [1.29, 1.82) is 0 Å². The highest BCUT2D eigenvalue weighted by Crippen LogP contribution is 2.38. The Hall–Kier alpha value is -0.610. The summed E-state index contributed by atoms with van der Waals surface area (Å²) in [5.41, 5.74) is 6.30. The fourth-order valence-electron chi connectivity index (χ4n) is 4.52. The molecule has 114 valence electrons. The number of amides is 1. The van der Waals surface area contributed by atoms with Crippen LogP contribution in [0, 0.1) is 5.92 Å². The molecule has 2 saturated heterocycles. The average molecular weight is 280 g/mol. The van der Waals surface area contributed by atoms with Gasteiger partial charge in [0.15, 0.2) is 0 Å². The third-order valence-electron chi connectivity index (χ3n) is 5.60. The molecular formula is C16H28N2O2. The number of nitrogens with two attached hydrogens (primary N) is 1. The Balaban J connectivity index is 1.71. The predicted molar refractivity (Wildman–Crippen MR) is 78.1 cm³/mol. The molecule has 0 radical (unpaired) electrons. The van der Waals surface area contributed by atoms with E-state index in [0.717, 1.165) is 51.4 Å². The zero-order valence-corrected chi connectivity index (χ0v) is 12.3. The monoisotopic (exact) mass is 280 g/mol. The highest BCUT2D eigenvalue weighted by Gasteiger charge is 2.45. The molecule has 0 aromatic heterocycles. The second kappa shape index (κ2) is 6.02. The molecule has 0 spiro atoms. The normalized spacial score (nSPS) is 42.1. The molecular weight excluding hydrogens is 252 g/mol. The summed E-state index contributed by atoms with van der Waals surface area (Å²) in [6.45, 7) is 0. The average Bonchev–Trinajstić information content (AvgIpc) is 2.66. The summed E-state index contributed by atoms with van der Waals surface area (Å²) in [7, 11) is 0. The Morgan fingerprint density at radius 2 is 1.55 bits per heavy atom. The van der Waals surface area contributed by atoms with Crippen LogP contribution >= 0.6 is 0 Å². The van der Waals surface area contributed by atoms with Gasteiger partial charge in [-0.25, -0.2) is 0 Å². The van der Waals surface area contributed by atoms with Crippen molar-refractivity contribution in [3.05, 3.63) is 0 Å². The van der Waals surface area contributed by atoms with Gasteiger partial charge in [-0.1, -0.05) is 25.7 Å². The summed E-state index contributed by atoms with van der Waals surface area (Å²) in [5.74, 6) is 0.312. The quantitative estimate of drug-likeness (QED) is 0.769. The Morgan fingerprint density at radius 3 is 2.20 bits per heavy atom. The van der Waals surface area contributed by atoms with Crippen LogP contribution < -0.4 is 5.73 Å². The first-order valence-electron chi connectivity index (χ1n) is 8.42. The van der Waals surface area contributed by atoms with E-state index in [1.54, 1.807) is 0 Å². The van der Waals surface area contributed by atoms with E-state index in [4.69, 9.17) is 5.73 Å². The van der Waals surface area contributed by atoms with Crippen LogP contribution in [-0.4, -0.2) is 40.1 Å². The van der Waals surface area contributed by atoms with Gasteiger partial charge in [0.1, 0.15) is 0 Å². The van der Waals surface area contributed by atoms with Crippen molar-refractivity contribution in [3.63, 3.8) is 0 Å². The number of fused-ring (bicyclic) bond motifs is 2. The Labute approximate surface area is 121 Å². The highest BCUT2D eigenvalue weighted by molar-refractivity contribution is 5.80. The van der Waals surface area contributed by atoms with Crippen LogP contribution in [-0.2, 0) is 4.79 Å². The van der Waals surface area contributed by atoms with Gasteiger partial charge in [0.25, 0.3) is 0 Å². The summed E-state index contributed by atoms with van der Waals surface area (Å²) >= 11 is 0. The van der Waals surface area contributed by atoms with Crippen molar-refractivity contribution in [2.24, 2.45) is 11.7 Å². The fourth-order valence-corrected chi connectivity index (χ4v) is 4.52. The van der Waals surface area contributed by atoms with Gasteiger partial charge in [-0.3, -0.25) is 4.79 Å². The molecule has 2 aliphatic heterocycles. The van der Waals surface area contributed by atoms with Crippen LogP contribution in [0.1, 0.15) is 64.2 Å². The molecule has 4 nitrogen and oxygen atoms in total. The molecule has 1 amide bonds. The summed E-state index contributed by atoms with van der Waals surface area (Å²) < 4.78 is 0. The molecule has 1 aliphatic carbocycles. The fraction of sp³-hybridized carbons (Fsp3) is 0.938. The SMILES string of the molecule is NC1CCCCCCC1C(=O)N1C2CCC1CC(O)C2. The maximum Gasteiger partial charge on any atom is 0.227 e. The van der Waals surface area contributed by atoms with Crippen molar-refractivity contribution in [3.8, 4) is 0 Å². The van der Waals surface area contributed by atoms with Gasteiger partial charge in [-0.15, -0.1) is 0 Å². The number of carbonyl (C=O) groups excluding carboxylic acids is 1. The van der Waals surface area contributed by atoms with E-state index in [1.807, 2.05) is 0 Å². The molecule has 4 atom stereocenters. The zero-order valence-electron chi connectivity index (χ0n) is 12.3. The van der Waals surface area contributed by atoms with Gasteiger partial charge < -0.3 is 15.7 Å². The van der Waals surface area contributed by atoms with E-state index in [1.165, 1.54) is 12.8 Å². The highest BCUT2D eigenvalue weighted by atomic mass is 16.3. The summed E-state index contributed by atoms with van der Waals surface area (Å²) in [5, 5.41) is 9.87. The summed E-state index contributed by atoms with van der Waals surface area (Å²) in [6, 6.07) is 0.580. The summed E-state index contributed by atoms with van der Waals surface area (Å²) in [4.78, 5) is 15.1. The lowest BCUT2D eigenvalue weighted by atomic mass is 9.85. The molecule has 3 fully saturated rings. The Bertz CT molecular complexity index is 346. The molecule has 2 bridgehead atoms. The number of nitrogens with zero attached hydrogens (tertiary/aromatic N) is 1. The molecule has 4 unspecified atom stereocenters. The van der Waals surface area contributed by atoms with Gasteiger partial charge in [0, 0.05) is 18.1 Å². The van der Waals surface area contributed by atoms with Gasteiger partial charge in [0.05, 0.1) is 12.0 Å². The van der Waals surface area contributed by atoms with Crippen LogP contribution in [0.2, 0.25) is 0 Å². The minimum atomic E-state index is -0.206. The van der Waals surface area contributed by atoms with E-state index >= 15 is 0 Å². The van der Waals surface area contributed by atoms with Crippen molar-refractivity contribution >= 4 is 5.91 Å². The second-order valence-corrected chi connectivity index (χ2v) is 7.02. The first-order chi connectivity index (χ1) is 9.66. The van der Waals surface area contributed by atoms with Crippen LogP contribution in [0.4, 0.5) is 0 Å². The van der Waals surface area contributed by atoms with E-state index in [9.17, 15) is 9.90 Å². The number of aliphatic hydroxyl groups is 1. The van der Waals surface area contributed by atoms with Crippen molar-refractivity contribution in [2.75, 3.05) is 0 Å². The topological polar surface area (TPSA) is 66.6 Å². The third kappa shape index (κ3) is 2.73. The molecule has 3 aliphatic rings. The van der Waals surface area contributed by atoms with Crippen LogP contribution in [0.3, 0.4) is 0 Å². The minimum Gasteiger partial charge on any atom is -0.393 e. The van der Waals surface area contributed by atoms with E-state index in [2.05, 4.69) is 4.90 Å². The maximum atomic E-state index is 13.0. The van der Waals surface area contributed by atoms with Crippen LogP contribution in [0.15, 0.2) is 0 Å². The van der Waals surface area contributed by atoms with Crippen molar-refractivity contribution in [2.45, 2.75) is 88.4 Å².